The molecule has 0 N–H and O–H groups in total. The molecule has 2 aromatic rings. The molecule has 4 heteroatoms. The van der Waals surface area contributed by atoms with Crippen molar-refractivity contribution in [1.82, 2.24) is 0 Å². The summed E-state index contributed by atoms with van der Waals surface area (Å²) in [5.41, 5.74) is 0.854. The van der Waals surface area contributed by atoms with Crippen LogP contribution in [0.15, 0.2) is 42.5 Å². The molecule has 0 aliphatic heterocycles. The van der Waals surface area contributed by atoms with Crippen LogP contribution in [0.3, 0.4) is 0 Å². The summed E-state index contributed by atoms with van der Waals surface area (Å²) in [6.07, 6.45) is 0.654. The summed E-state index contributed by atoms with van der Waals surface area (Å²) < 4.78 is 5.56. The first-order valence-electron chi connectivity index (χ1n) is 5.16. The van der Waals surface area contributed by atoms with Crippen molar-refractivity contribution in [3.05, 3.63) is 58.6 Å². The lowest BCUT2D eigenvalue weighted by Crippen LogP contribution is -1.91. The minimum Gasteiger partial charge on any atom is -0.457 e. The highest BCUT2D eigenvalue weighted by atomic mass is 35.5. The van der Waals surface area contributed by atoms with E-state index in [4.69, 9.17) is 21.6 Å². The van der Waals surface area contributed by atoms with E-state index in [0.717, 1.165) is 0 Å². The molecule has 0 saturated heterocycles. The SMILES string of the molecule is N#Cc1ccc(Oc2cccc(Cl)c2C=O)cc1. The number of carbonyl (C=O) groups is 1. The quantitative estimate of drug-likeness (QED) is 0.786. The molecule has 0 atom stereocenters. The molecular weight excluding hydrogens is 250 g/mol. The summed E-state index contributed by atoms with van der Waals surface area (Å²) in [5, 5.41) is 9.03. The van der Waals surface area contributed by atoms with Gasteiger partial charge in [-0.25, -0.2) is 0 Å². The van der Waals surface area contributed by atoms with E-state index in [0.29, 0.717) is 33.9 Å². The highest BCUT2D eigenvalue weighted by Gasteiger charge is 2.08. The van der Waals surface area contributed by atoms with Gasteiger partial charge in [0.05, 0.1) is 22.2 Å². The van der Waals surface area contributed by atoms with Gasteiger partial charge in [-0.1, -0.05) is 17.7 Å². The van der Waals surface area contributed by atoms with E-state index < -0.39 is 0 Å². The van der Waals surface area contributed by atoms with Crippen LogP contribution in [0.5, 0.6) is 11.5 Å². The Labute approximate surface area is 109 Å². The third-order valence-corrected chi connectivity index (χ3v) is 2.67. The van der Waals surface area contributed by atoms with Gasteiger partial charge in [0.25, 0.3) is 0 Å². The number of nitrogens with zero attached hydrogens (tertiary/aromatic N) is 1. The molecule has 0 saturated carbocycles. The van der Waals surface area contributed by atoms with Crippen LogP contribution in [0.1, 0.15) is 15.9 Å². The molecule has 0 amide bonds. The van der Waals surface area contributed by atoms with Crippen molar-refractivity contribution < 1.29 is 9.53 Å². The molecule has 0 heterocycles. The topological polar surface area (TPSA) is 50.1 Å². The van der Waals surface area contributed by atoms with Gasteiger partial charge in [-0.2, -0.15) is 5.26 Å². The zero-order chi connectivity index (χ0) is 13.0. The number of halogens is 1. The number of aldehydes is 1. The van der Waals surface area contributed by atoms with Crippen LogP contribution >= 0.6 is 11.6 Å². The molecule has 0 aromatic heterocycles. The summed E-state index contributed by atoms with van der Waals surface area (Å²) >= 11 is 5.89. The summed E-state index contributed by atoms with van der Waals surface area (Å²) in [7, 11) is 0. The number of ether oxygens (including phenoxy) is 1. The minimum absolute atomic E-state index is 0.309. The van der Waals surface area contributed by atoms with Crippen LogP contribution in [-0.4, -0.2) is 6.29 Å². The second-order valence-corrected chi connectivity index (χ2v) is 3.91. The largest absolute Gasteiger partial charge is 0.457 e. The molecule has 88 valence electrons. The predicted molar refractivity (Wildman–Crippen MR) is 68.1 cm³/mol. The van der Waals surface area contributed by atoms with Crippen molar-refractivity contribution in [1.29, 1.82) is 5.26 Å². The third kappa shape index (κ3) is 2.50. The number of benzene rings is 2. The number of carbonyl (C=O) groups excluding carboxylic acids is 1. The van der Waals surface area contributed by atoms with Crippen molar-refractivity contribution in [2.75, 3.05) is 0 Å². The van der Waals surface area contributed by atoms with Gasteiger partial charge in [-0.15, -0.1) is 0 Å². The summed E-state index contributed by atoms with van der Waals surface area (Å²) in [6, 6.07) is 13.6. The van der Waals surface area contributed by atoms with Crippen molar-refractivity contribution >= 4 is 17.9 Å². The van der Waals surface area contributed by atoms with E-state index in [9.17, 15) is 4.79 Å². The van der Waals surface area contributed by atoms with Crippen molar-refractivity contribution in [3.63, 3.8) is 0 Å². The van der Waals surface area contributed by atoms with Gasteiger partial charge >= 0.3 is 0 Å². The molecule has 0 aliphatic rings. The van der Waals surface area contributed by atoms with E-state index in [1.807, 2.05) is 6.07 Å². The highest BCUT2D eigenvalue weighted by molar-refractivity contribution is 6.33. The number of hydrogen-bond donors (Lipinski definition) is 0. The lowest BCUT2D eigenvalue weighted by molar-refractivity contribution is 0.112. The molecule has 0 radical (unpaired) electrons. The molecule has 0 spiro atoms. The Hall–Kier alpha value is -2.31. The predicted octanol–water partition coefficient (Wildman–Crippen LogP) is 3.82. The van der Waals surface area contributed by atoms with E-state index in [2.05, 4.69) is 0 Å². The molecule has 0 unspecified atom stereocenters. The first-order valence-corrected chi connectivity index (χ1v) is 5.54. The van der Waals surface area contributed by atoms with Gasteiger partial charge in [0.1, 0.15) is 11.5 Å². The Morgan fingerprint density at radius 2 is 1.89 bits per heavy atom. The Bertz CT molecular complexity index is 615. The van der Waals surface area contributed by atoms with Crippen LogP contribution in [0, 0.1) is 11.3 Å². The zero-order valence-corrected chi connectivity index (χ0v) is 10.0. The molecule has 18 heavy (non-hydrogen) atoms. The zero-order valence-electron chi connectivity index (χ0n) is 9.26. The van der Waals surface area contributed by atoms with Crippen molar-refractivity contribution in [2.24, 2.45) is 0 Å². The minimum atomic E-state index is 0.309. The van der Waals surface area contributed by atoms with Gasteiger partial charge in [0.2, 0.25) is 0 Å². The van der Waals surface area contributed by atoms with E-state index in [-0.39, 0.29) is 0 Å². The molecule has 2 aromatic carbocycles. The number of rotatable bonds is 3. The second kappa shape index (κ2) is 5.35. The van der Waals surface area contributed by atoms with Gasteiger partial charge < -0.3 is 4.74 Å². The van der Waals surface area contributed by atoms with E-state index >= 15 is 0 Å². The fourth-order valence-corrected chi connectivity index (χ4v) is 1.66. The second-order valence-electron chi connectivity index (χ2n) is 3.51. The first-order chi connectivity index (χ1) is 8.74. The van der Waals surface area contributed by atoms with E-state index in [1.54, 1.807) is 42.5 Å². The smallest absolute Gasteiger partial charge is 0.155 e. The molecular formula is C14H8ClNO2. The lowest BCUT2D eigenvalue weighted by Gasteiger charge is -2.08. The van der Waals surface area contributed by atoms with Crippen molar-refractivity contribution in [3.8, 4) is 17.6 Å². The average Bonchev–Trinajstić information content (AvgIpc) is 2.40. The van der Waals surface area contributed by atoms with Crippen LogP contribution in [0.4, 0.5) is 0 Å². The Morgan fingerprint density at radius 1 is 1.17 bits per heavy atom. The number of hydrogen-bond acceptors (Lipinski definition) is 3. The van der Waals surface area contributed by atoms with Crippen LogP contribution in [0.2, 0.25) is 5.02 Å². The maximum absolute atomic E-state index is 10.9. The standard InChI is InChI=1S/C14H8ClNO2/c15-13-2-1-3-14(12(13)9-17)18-11-6-4-10(8-16)5-7-11/h1-7,9H. The van der Waals surface area contributed by atoms with Gasteiger partial charge in [-0.3, -0.25) is 4.79 Å². The van der Waals surface area contributed by atoms with Crippen LogP contribution in [0.25, 0.3) is 0 Å². The van der Waals surface area contributed by atoms with E-state index in [1.165, 1.54) is 0 Å². The van der Waals surface area contributed by atoms with Crippen molar-refractivity contribution in [2.45, 2.75) is 0 Å². The summed E-state index contributed by atoms with van der Waals surface area (Å²) in [5.74, 6) is 0.932. The van der Waals surface area contributed by atoms with Gasteiger partial charge in [-0.05, 0) is 36.4 Å². The Kier molecular flexibility index (Phi) is 3.61. The lowest BCUT2D eigenvalue weighted by atomic mass is 10.2. The first kappa shape index (κ1) is 12.2. The fraction of sp³-hybridized carbons (Fsp3) is 0. The average molecular weight is 258 g/mol. The highest BCUT2D eigenvalue weighted by Crippen LogP contribution is 2.29. The van der Waals surface area contributed by atoms with Gasteiger partial charge in [0.15, 0.2) is 6.29 Å². The monoisotopic (exact) mass is 257 g/mol. The molecule has 0 aliphatic carbocycles. The molecule has 2 rings (SSSR count). The van der Waals surface area contributed by atoms with Crippen LogP contribution in [-0.2, 0) is 0 Å². The number of nitriles is 1. The van der Waals surface area contributed by atoms with Crippen LogP contribution < -0.4 is 4.74 Å². The normalized spacial score (nSPS) is 9.56. The third-order valence-electron chi connectivity index (χ3n) is 2.34. The maximum Gasteiger partial charge on any atom is 0.155 e. The molecule has 0 bridgehead atoms. The van der Waals surface area contributed by atoms with Gasteiger partial charge in [0, 0.05) is 0 Å². The Morgan fingerprint density at radius 3 is 2.50 bits per heavy atom. The molecule has 0 fully saturated rings. The Balaban J connectivity index is 2.31. The fourth-order valence-electron chi connectivity index (χ4n) is 1.45. The summed E-state index contributed by atoms with van der Waals surface area (Å²) in [4.78, 5) is 10.9. The maximum atomic E-state index is 10.9. The summed E-state index contributed by atoms with van der Waals surface area (Å²) in [6.45, 7) is 0. The molecule has 3 nitrogen and oxygen atoms in total.